The number of nitrogens with two attached hydrogens (primary N) is 1. The fourth-order valence-electron chi connectivity index (χ4n) is 3.16. The predicted octanol–water partition coefficient (Wildman–Crippen LogP) is 2.67. The Bertz CT molecular complexity index is 975. The number of hydrogen-bond acceptors (Lipinski definition) is 7. The van der Waals surface area contributed by atoms with Crippen LogP contribution >= 0.6 is 0 Å². The van der Waals surface area contributed by atoms with Crippen molar-refractivity contribution in [1.82, 2.24) is 14.9 Å². The number of carbonyl (C=O) groups excluding carboxylic acids is 1. The number of aromatic nitrogens is 2. The first-order valence-electron chi connectivity index (χ1n) is 9.62. The Balaban J connectivity index is 1.77. The monoisotopic (exact) mass is 410 g/mol. The summed E-state index contributed by atoms with van der Waals surface area (Å²) >= 11 is 0. The average Bonchev–Trinajstić information content (AvgIpc) is 3.29. The van der Waals surface area contributed by atoms with Gasteiger partial charge in [0, 0.05) is 12.7 Å². The van der Waals surface area contributed by atoms with Gasteiger partial charge in [0.05, 0.1) is 38.6 Å². The molecule has 3 aromatic rings. The quantitative estimate of drug-likeness (QED) is 0.548. The van der Waals surface area contributed by atoms with Gasteiger partial charge in [-0.1, -0.05) is 24.3 Å². The smallest absolute Gasteiger partial charge is 0.319 e. The minimum absolute atomic E-state index is 0.251. The van der Waals surface area contributed by atoms with E-state index in [1.165, 1.54) is 7.11 Å². The number of benzene rings is 1. The second-order valence-electron chi connectivity index (χ2n) is 6.86. The second-order valence-corrected chi connectivity index (χ2v) is 6.86. The SMILES string of the molecule is COc1ncc(-c2cccc(CCN(Cc3ccco3)C(C)C(N)=O)c2)c(OC)n1. The maximum absolute atomic E-state index is 11.8. The summed E-state index contributed by atoms with van der Waals surface area (Å²) in [6.07, 6.45) is 4.03. The zero-order chi connectivity index (χ0) is 21.5. The lowest BCUT2D eigenvalue weighted by molar-refractivity contribution is -0.122. The number of rotatable bonds is 10. The molecule has 1 atom stereocenters. The molecule has 0 aliphatic rings. The molecule has 0 saturated carbocycles. The molecular formula is C22H26N4O4. The van der Waals surface area contributed by atoms with Crippen molar-refractivity contribution in [1.29, 1.82) is 0 Å². The first-order valence-corrected chi connectivity index (χ1v) is 9.62. The summed E-state index contributed by atoms with van der Waals surface area (Å²) in [6, 6.07) is 11.6. The lowest BCUT2D eigenvalue weighted by atomic mass is 10.0. The number of primary amides is 1. The molecule has 1 aromatic carbocycles. The van der Waals surface area contributed by atoms with Gasteiger partial charge in [0.25, 0.3) is 0 Å². The Morgan fingerprint density at radius 1 is 1.23 bits per heavy atom. The van der Waals surface area contributed by atoms with Crippen LogP contribution in [0.15, 0.2) is 53.3 Å². The Kier molecular flexibility index (Phi) is 7.03. The van der Waals surface area contributed by atoms with E-state index in [1.54, 1.807) is 26.5 Å². The lowest BCUT2D eigenvalue weighted by Gasteiger charge is -2.26. The first-order chi connectivity index (χ1) is 14.5. The van der Waals surface area contributed by atoms with Crippen LogP contribution in [0.25, 0.3) is 11.1 Å². The molecule has 0 spiro atoms. The van der Waals surface area contributed by atoms with Gasteiger partial charge in [-0.25, -0.2) is 4.98 Å². The van der Waals surface area contributed by atoms with E-state index in [1.807, 2.05) is 35.2 Å². The van der Waals surface area contributed by atoms with E-state index in [0.717, 1.165) is 28.9 Å². The molecule has 0 fully saturated rings. The Hall–Kier alpha value is -3.39. The zero-order valence-electron chi connectivity index (χ0n) is 17.4. The molecule has 0 aliphatic heterocycles. The maximum atomic E-state index is 11.8. The van der Waals surface area contributed by atoms with Crippen molar-refractivity contribution in [3.8, 4) is 23.0 Å². The van der Waals surface area contributed by atoms with Crippen LogP contribution in [0.3, 0.4) is 0 Å². The van der Waals surface area contributed by atoms with Crippen LogP contribution in [0.5, 0.6) is 11.9 Å². The number of nitrogens with zero attached hydrogens (tertiary/aromatic N) is 3. The third kappa shape index (κ3) is 5.15. The van der Waals surface area contributed by atoms with E-state index in [2.05, 4.69) is 16.0 Å². The van der Waals surface area contributed by atoms with Gasteiger partial charge in [-0.05, 0) is 36.6 Å². The summed E-state index contributed by atoms with van der Waals surface area (Å²) in [5.41, 5.74) is 8.36. The summed E-state index contributed by atoms with van der Waals surface area (Å²) in [5, 5.41) is 0. The fourth-order valence-corrected chi connectivity index (χ4v) is 3.16. The molecule has 1 unspecified atom stereocenters. The number of hydrogen-bond donors (Lipinski definition) is 1. The standard InChI is InChI=1S/C22H26N4O4/c1-15(20(23)27)26(14-18-8-5-11-30-18)10-9-16-6-4-7-17(12-16)19-13-24-22(29-3)25-21(19)28-2/h4-8,11-13,15H,9-10,14H2,1-3H3,(H2,23,27). The number of carbonyl (C=O) groups is 1. The van der Waals surface area contributed by atoms with Crippen LogP contribution in [0.2, 0.25) is 0 Å². The van der Waals surface area contributed by atoms with E-state index in [9.17, 15) is 4.79 Å². The molecule has 3 rings (SSSR count). The topological polar surface area (TPSA) is 104 Å². The highest BCUT2D eigenvalue weighted by molar-refractivity contribution is 5.79. The van der Waals surface area contributed by atoms with Crippen LogP contribution in [0, 0.1) is 0 Å². The predicted molar refractivity (Wildman–Crippen MR) is 112 cm³/mol. The van der Waals surface area contributed by atoms with E-state index in [-0.39, 0.29) is 11.9 Å². The Labute approximate surface area is 175 Å². The van der Waals surface area contributed by atoms with Crippen LogP contribution in [-0.4, -0.2) is 47.6 Å². The highest BCUT2D eigenvalue weighted by atomic mass is 16.5. The lowest BCUT2D eigenvalue weighted by Crippen LogP contribution is -2.43. The number of ether oxygens (including phenoxy) is 2. The number of amides is 1. The molecule has 0 saturated heterocycles. The molecule has 0 aliphatic carbocycles. The van der Waals surface area contributed by atoms with Crippen molar-refractivity contribution in [3.05, 3.63) is 60.2 Å². The fraction of sp³-hybridized carbons (Fsp3) is 0.318. The minimum Gasteiger partial charge on any atom is -0.480 e. The molecule has 1 amide bonds. The summed E-state index contributed by atoms with van der Waals surface area (Å²) in [4.78, 5) is 22.2. The van der Waals surface area contributed by atoms with Crippen molar-refractivity contribution in [3.63, 3.8) is 0 Å². The van der Waals surface area contributed by atoms with E-state index >= 15 is 0 Å². The van der Waals surface area contributed by atoms with Gasteiger partial charge in [0.15, 0.2) is 0 Å². The summed E-state index contributed by atoms with van der Waals surface area (Å²) < 4.78 is 15.9. The van der Waals surface area contributed by atoms with Crippen molar-refractivity contribution >= 4 is 5.91 Å². The molecule has 2 heterocycles. The minimum atomic E-state index is -0.409. The van der Waals surface area contributed by atoms with Crippen LogP contribution in [-0.2, 0) is 17.8 Å². The second kappa shape index (κ2) is 9.89. The summed E-state index contributed by atoms with van der Waals surface area (Å²) in [7, 11) is 3.07. The largest absolute Gasteiger partial charge is 0.480 e. The van der Waals surface area contributed by atoms with Gasteiger partial charge in [-0.2, -0.15) is 4.98 Å². The van der Waals surface area contributed by atoms with Gasteiger partial charge in [-0.15, -0.1) is 0 Å². The van der Waals surface area contributed by atoms with Crippen molar-refractivity contribution in [2.45, 2.75) is 25.9 Å². The average molecular weight is 410 g/mol. The molecule has 8 heteroatoms. The summed E-state index contributed by atoms with van der Waals surface area (Å²) in [5.74, 6) is 0.869. The number of methoxy groups -OCH3 is 2. The molecule has 30 heavy (non-hydrogen) atoms. The van der Waals surface area contributed by atoms with E-state index in [4.69, 9.17) is 19.6 Å². The highest BCUT2D eigenvalue weighted by Crippen LogP contribution is 2.29. The van der Waals surface area contributed by atoms with Crippen LogP contribution in [0.4, 0.5) is 0 Å². The van der Waals surface area contributed by atoms with E-state index in [0.29, 0.717) is 19.0 Å². The third-order valence-corrected chi connectivity index (χ3v) is 4.93. The number of furan rings is 1. The molecule has 0 radical (unpaired) electrons. The third-order valence-electron chi connectivity index (χ3n) is 4.93. The van der Waals surface area contributed by atoms with Gasteiger partial charge in [0.2, 0.25) is 11.8 Å². The van der Waals surface area contributed by atoms with Crippen LogP contribution in [0.1, 0.15) is 18.2 Å². The molecule has 2 N–H and O–H groups in total. The van der Waals surface area contributed by atoms with Gasteiger partial charge >= 0.3 is 6.01 Å². The molecular weight excluding hydrogens is 384 g/mol. The Morgan fingerprint density at radius 2 is 2.07 bits per heavy atom. The summed E-state index contributed by atoms with van der Waals surface area (Å²) in [6.45, 7) is 2.96. The van der Waals surface area contributed by atoms with Crippen molar-refractivity contribution in [2.75, 3.05) is 20.8 Å². The normalized spacial score (nSPS) is 12.0. The maximum Gasteiger partial charge on any atom is 0.319 e. The first kappa shape index (κ1) is 21.3. The molecule has 2 aromatic heterocycles. The van der Waals surface area contributed by atoms with Gasteiger partial charge in [0.1, 0.15) is 5.76 Å². The highest BCUT2D eigenvalue weighted by Gasteiger charge is 2.20. The van der Waals surface area contributed by atoms with Crippen molar-refractivity contribution in [2.24, 2.45) is 5.73 Å². The van der Waals surface area contributed by atoms with Crippen LogP contribution < -0.4 is 15.2 Å². The Morgan fingerprint density at radius 3 is 2.73 bits per heavy atom. The van der Waals surface area contributed by atoms with Gasteiger partial charge < -0.3 is 19.6 Å². The van der Waals surface area contributed by atoms with E-state index < -0.39 is 6.04 Å². The van der Waals surface area contributed by atoms with Crippen molar-refractivity contribution < 1.29 is 18.7 Å². The molecule has 8 nitrogen and oxygen atoms in total. The molecule has 0 bridgehead atoms. The van der Waals surface area contributed by atoms with Gasteiger partial charge in [-0.3, -0.25) is 9.69 Å². The zero-order valence-corrected chi connectivity index (χ0v) is 17.4. The molecule has 158 valence electrons.